The van der Waals surface area contributed by atoms with Gasteiger partial charge < -0.3 is 5.32 Å². The largest absolute Gasteiger partial charge is 0.378 e. The maximum absolute atomic E-state index is 13.3. The number of benzene rings is 1. The van der Waals surface area contributed by atoms with Crippen molar-refractivity contribution in [2.24, 2.45) is 0 Å². The second-order valence-electron chi connectivity index (χ2n) is 4.82. The molecule has 0 spiro atoms. The molecule has 2 aromatic rings. The highest BCUT2D eigenvalue weighted by Crippen LogP contribution is 2.39. The van der Waals surface area contributed by atoms with Crippen LogP contribution in [0.3, 0.4) is 0 Å². The van der Waals surface area contributed by atoms with Crippen LogP contribution in [-0.4, -0.2) is 0 Å². The first-order valence-corrected chi connectivity index (χ1v) is 7.61. The van der Waals surface area contributed by atoms with E-state index in [1.165, 1.54) is 16.5 Å². The van der Waals surface area contributed by atoms with Gasteiger partial charge in [-0.15, -0.1) is 11.3 Å². The van der Waals surface area contributed by atoms with Crippen molar-refractivity contribution in [2.75, 3.05) is 5.32 Å². The number of hydrogen-bond donors (Lipinski definition) is 1. The van der Waals surface area contributed by atoms with E-state index >= 15 is 0 Å². The molecule has 1 N–H and O–H groups in total. The topological polar surface area (TPSA) is 35.8 Å². The zero-order valence-electron chi connectivity index (χ0n) is 10.6. The van der Waals surface area contributed by atoms with Crippen molar-refractivity contribution in [2.45, 2.75) is 25.3 Å². The van der Waals surface area contributed by atoms with Gasteiger partial charge in [-0.05, 0) is 49.1 Å². The third kappa shape index (κ3) is 2.52. The van der Waals surface area contributed by atoms with Crippen molar-refractivity contribution >= 4 is 28.6 Å². The number of anilines is 1. The molecule has 0 amide bonds. The predicted molar refractivity (Wildman–Crippen MR) is 79.7 cm³/mol. The van der Waals surface area contributed by atoms with Gasteiger partial charge in [0.05, 0.1) is 15.9 Å². The lowest BCUT2D eigenvalue weighted by atomic mass is 9.94. The zero-order valence-corrected chi connectivity index (χ0v) is 12.2. The maximum Gasteiger partial charge on any atom is 0.141 e. The Morgan fingerprint density at radius 3 is 3.05 bits per heavy atom. The SMILES string of the molecule is N#Cc1cc(NC2CCCc3sc(Cl)cc32)ccc1F. The third-order valence-corrected chi connectivity index (χ3v) is 4.85. The molecule has 0 aliphatic heterocycles. The van der Waals surface area contributed by atoms with E-state index in [1.54, 1.807) is 23.5 Å². The van der Waals surface area contributed by atoms with E-state index in [2.05, 4.69) is 5.32 Å². The first-order valence-electron chi connectivity index (χ1n) is 6.41. The highest BCUT2D eigenvalue weighted by Gasteiger charge is 2.22. The van der Waals surface area contributed by atoms with Gasteiger partial charge in [0.2, 0.25) is 0 Å². The highest BCUT2D eigenvalue weighted by atomic mass is 35.5. The summed E-state index contributed by atoms with van der Waals surface area (Å²) in [7, 11) is 0. The smallest absolute Gasteiger partial charge is 0.141 e. The number of aryl methyl sites for hydroxylation is 1. The molecule has 1 aliphatic carbocycles. The van der Waals surface area contributed by atoms with Crippen LogP contribution in [0.15, 0.2) is 24.3 Å². The molecule has 1 aromatic carbocycles. The van der Waals surface area contributed by atoms with Crippen LogP contribution in [0.5, 0.6) is 0 Å². The minimum atomic E-state index is -0.485. The minimum absolute atomic E-state index is 0.0642. The monoisotopic (exact) mass is 306 g/mol. The number of nitrogens with zero attached hydrogens (tertiary/aromatic N) is 1. The predicted octanol–water partition coefficient (Wildman–Crippen LogP) is 4.90. The van der Waals surface area contributed by atoms with Crippen LogP contribution < -0.4 is 5.32 Å². The van der Waals surface area contributed by atoms with Gasteiger partial charge in [-0.1, -0.05) is 11.6 Å². The summed E-state index contributed by atoms with van der Waals surface area (Å²) in [5.41, 5.74) is 2.06. The quantitative estimate of drug-likeness (QED) is 0.856. The van der Waals surface area contributed by atoms with E-state index in [0.29, 0.717) is 0 Å². The van der Waals surface area contributed by atoms with E-state index in [-0.39, 0.29) is 11.6 Å². The van der Waals surface area contributed by atoms with Crippen molar-refractivity contribution in [1.82, 2.24) is 0 Å². The third-order valence-electron chi connectivity index (χ3n) is 3.51. The van der Waals surface area contributed by atoms with Crippen LogP contribution in [-0.2, 0) is 6.42 Å². The van der Waals surface area contributed by atoms with Gasteiger partial charge in [-0.2, -0.15) is 5.26 Å². The molecule has 0 saturated carbocycles. The summed E-state index contributed by atoms with van der Waals surface area (Å²) in [6.45, 7) is 0. The molecule has 1 aliphatic rings. The van der Waals surface area contributed by atoms with Gasteiger partial charge in [0.1, 0.15) is 11.9 Å². The molecule has 5 heteroatoms. The number of fused-ring (bicyclic) bond motifs is 1. The summed E-state index contributed by atoms with van der Waals surface area (Å²) in [5.74, 6) is -0.485. The molecule has 1 aromatic heterocycles. The molecular weight excluding hydrogens is 295 g/mol. The van der Waals surface area contributed by atoms with Crippen LogP contribution in [0, 0.1) is 17.1 Å². The van der Waals surface area contributed by atoms with Gasteiger partial charge in [0.15, 0.2) is 0 Å². The van der Waals surface area contributed by atoms with Crippen molar-refractivity contribution in [3.05, 3.63) is 50.4 Å². The standard InChI is InChI=1S/C15H12ClFN2S/c16-15-7-11-13(2-1-3-14(11)20-15)19-10-4-5-12(17)9(6-10)8-18/h4-7,13,19H,1-3H2. The molecule has 1 atom stereocenters. The zero-order chi connectivity index (χ0) is 14.1. The number of halogens is 2. The van der Waals surface area contributed by atoms with Gasteiger partial charge in [-0.25, -0.2) is 4.39 Å². The molecule has 1 heterocycles. The Bertz CT molecular complexity index is 690. The average molecular weight is 307 g/mol. The Morgan fingerprint density at radius 1 is 1.40 bits per heavy atom. The lowest BCUT2D eigenvalue weighted by Gasteiger charge is -2.24. The minimum Gasteiger partial charge on any atom is -0.378 e. The van der Waals surface area contributed by atoms with E-state index in [9.17, 15) is 4.39 Å². The molecule has 1 unspecified atom stereocenters. The molecule has 0 saturated heterocycles. The van der Waals surface area contributed by atoms with E-state index in [0.717, 1.165) is 29.3 Å². The van der Waals surface area contributed by atoms with Crippen LogP contribution in [0.1, 0.15) is 34.9 Å². The molecule has 102 valence electrons. The molecule has 3 rings (SSSR count). The van der Waals surface area contributed by atoms with Crippen molar-refractivity contribution < 1.29 is 4.39 Å². The normalized spacial score (nSPS) is 17.4. The van der Waals surface area contributed by atoms with Crippen LogP contribution in [0.2, 0.25) is 4.34 Å². The molecule has 2 nitrogen and oxygen atoms in total. The Kier molecular flexibility index (Phi) is 3.64. The maximum atomic E-state index is 13.3. The summed E-state index contributed by atoms with van der Waals surface area (Å²) < 4.78 is 14.1. The first-order chi connectivity index (χ1) is 9.67. The molecule has 20 heavy (non-hydrogen) atoms. The summed E-state index contributed by atoms with van der Waals surface area (Å²) in [4.78, 5) is 1.32. The van der Waals surface area contributed by atoms with Gasteiger partial charge in [-0.3, -0.25) is 0 Å². The Morgan fingerprint density at radius 2 is 2.25 bits per heavy atom. The van der Waals surface area contributed by atoms with Crippen LogP contribution >= 0.6 is 22.9 Å². The van der Waals surface area contributed by atoms with Crippen molar-refractivity contribution in [3.8, 4) is 6.07 Å². The van der Waals surface area contributed by atoms with E-state index in [1.807, 2.05) is 12.1 Å². The Balaban J connectivity index is 1.87. The summed E-state index contributed by atoms with van der Waals surface area (Å²) in [5, 5.41) is 12.3. The second kappa shape index (κ2) is 5.43. The second-order valence-corrected chi connectivity index (χ2v) is 6.59. The average Bonchev–Trinajstić information content (AvgIpc) is 2.82. The van der Waals surface area contributed by atoms with Gasteiger partial charge in [0.25, 0.3) is 0 Å². The number of nitrogens with one attached hydrogen (secondary N) is 1. The summed E-state index contributed by atoms with van der Waals surface area (Å²) in [6.07, 6.45) is 3.19. The van der Waals surface area contributed by atoms with Crippen LogP contribution in [0.4, 0.5) is 10.1 Å². The van der Waals surface area contributed by atoms with Crippen molar-refractivity contribution in [1.29, 1.82) is 5.26 Å². The molecule has 0 radical (unpaired) electrons. The fourth-order valence-corrected chi connectivity index (χ4v) is 3.96. The van der Waals surface area contributed by atoms with Crippen LogP contribution in [0.25, 0.3) is 0 Å². The lowest BCUT2D eigenvalue weighted by molar-refractivity contribution is 0.607. The molecule has 0 bridgehead atoms. The number of hydrogen-bond acceptors (Lipinski definition) is 3. The number of nitriles is 1. The fraction of sp³-hybridized carbons (Fsp3) is 0.267. The molecule has 0 fully saturated rings. The van der Waals surface area contributed by atoms with Gasteiger partial charge in [0, 0.05) is 10.6 Å². The number of rotatable bonds is 2. The first kappa shape index (κ1) is 13.4. The molecular formula is C15H12ClFN2S. The number of thiophene rings is 1. The van der Waals surface area contributed by atoms with Gasteiger partial charge >= 0.3 is 0 Å². The fourth-order valence-electron chi connectivity index (χ4n) is 2.57. The highest BCUT2D eigenvalue weighted by molar-refractivity contribution is 7.16. The Labute approximate surface area is 125 Å². The van der Waals surface area contributed by atoms with E-state index in [4.69, 9.17) is 16.9 Å². The summed E-state index contributed by atoms with van der Waals surface area (Å²) in [6, 6.07) is 8.59. The Hall–Kier alpha value is -1.57. The van der Waals surface area contributed by atoms with E-state index < -0.39 is 5.82 Å². The lowest BCUT2D eigenvalue weighted by Crippen LogP contribution is -2.15. The van der Waals surface area contributed by atoms with Crippen molar-refractivity contribution in [3.63, 3.8) is 0 Å². The summed E-state index contributed by atoms with van der Waals surface area (Å²) >= 11 is 7.71.